The van der Waals surface area contributed by atoms with Crippen molar-refractivity contribution in [1.82, 2.24) is 5.32 Å². The van der Waals surface area contributed by atoms with E-state index in [-0.39, 0.29) is 0 Å². The van der Waals surface area contributed by atoms with Crippen LogP contribution in [0.15, 0.2) is 24.2 Å². The van der Waals surface area contributed by atoms with Gasteiger partial charge in [0.2, 0.25) is 0 Å². The summed E-state index contributed by atoms with van der Waals surface area (Å²) in [4.78, 5) is 0. The number of rotatable bonds is 2. The first-order valence-corrected chi connectivity index (χ1v) is 2.37. The summed E-state index contributed by atoms with van der Waals surface area (Å²) >= 11 is 0. The van der Waals surface area contributed by atoms with Crippen molar-refractivity contribution in [3.8, 4) is 0 Å². The van der Waals surface area contributed by atoms with Crippen LogP contribution in [-0.4, -0.2) is 7.05 Å². The van der Waals surface area contributed by atoms with Crippen LogP contribution in [0.3, 0.4) is 0 Å². The lowest BCUT2D eigenvalue weighted by Gasteiger charge is -1.94. The third-order valence-electron chi connectivity index (χ3n) is 0.767. The Morgan fingerprint density at radius 1 is 1.75 bits per heavy atom. The molecule has 0 bridgehead atoms. The fourth-order valence-corrected chi connectivity index (χ4v) is 0.307. The second-order valence-corrected chi connectivity index (χ2v) is 1.52. The van der Waals surface area contributed by atoms with Crippen molar-refractivity contribution >= 4 is 0 Å². The quantitative estimate of drug-likeness (QED) is 0.539. The van der Waals surface area contributed by atoms with Gasteiger partial charge in [-0.25, -0.2) is 4.39 Å². The van der Waals surface area contributed by atoms with Crippen molar-refractivity contribution in [2.24, 2.45) is 0 Å². The molecule has 0 aromatic carbocycles. The summed E-state index contributed by atoms with van der Waals surface area (Å²) in [5.41, 5.74) is 0.775. The van der Waals surface area contributed by atoms with Gasteiger partial charge in [0.15, 0.2) is 0 Å². The number of hydrogen-bond donors (Lipinski definition) is 1. The number of hydrogen-bond acceptors (Lipinski definition) is 1. The smallest absolute Gasteiger partial charge is 0.117 e. The highest BCUT2D eigenvalue weighted by Gasteiger charge is 1.82. The van der Waals surface area contributed by atoms with Crippen LogP contribution in [0.5, 0.6) is 0 Å². The minimum absolute atomic E-state index is 0.420. The van der Waals surface area contributed by atoms with Crippen molar-refractivity contribution in [2.45, 2.75) is 6.92 Å². The molecule has 0 heterocycles. The molecule has 0 saturated heterocycles. The summed E-state index contributed by atoms with van der Waals surface area (Å²) in [6, 6.07) is 0. The molecule has 46 valence electrons. The third kappa shape index (κ3) is 3.40. The summed E-state index contributed by atoms with van der Waals surface area (Å²) < 4.78 is 11.8. The Hall–Kier alpha value is -0.790. The van der Waals surface area contributed by atoms with E-state index in [1.54, 1.807) is 14.0 Å². The average Bonchev–Trinajstić information content (AvgIpc) is 1.65. The Morgan fingerprint density at radius 3 is 2.38 bits per heavy atom. The molecule has 0 aliphatic rings. The Morgan fingerprint density at radius 2 is 2.25 bits per heavy atom. The SMILES string of the molecule is C=C(F)/C=C(\C)NC. The first kappa shape index (κ1) is 7.21. The Balaban J connectivity index is 3.75. The first-order chi connectivity index (χ1) is 3.66. The maximum atomic E-state index is 11.8. The molecule has 0 radical (unpaired) electrons. The third-order valence-corrected chi connectivity index (χ3v) is 0.767. The lowest BCUT2D eigenvalue weighted by molar-refractivity contribution is 0.667. The van der Waals surface area contributed by atoms with Gasteiger partial charge < -0.3 is 5.32 Å². The molecule has 0 aromatic heterocycles. The molecule has 0 spiro atoms. The molecule has 0 aliphatic carbocycles. The van der Waals surface area contributed by atoms with Crippen LogP contribution in [0.4, 0.5) is 4.39 Å². The van der Waals surface area contributed by atoms with Gasteiger partial charge in [-0.1, -0.05) is 6.58 Å². The van der Waals surface area contributed by atoms with Crippen LogP contribution >= 0.6 is 0 Å². The van der Waals surface area contributed by atoms with E-state index in [1.807, 2.05) is 0 Å². The number of allylic oxidation sites excluding steroid dienone is 3. The molecule has 8 heavy (non-hydrogen) atoms. The molecule has 0 fully saturated rings. The van der Waals surface area contributed by atoms with E-state index in [1.165, 1.54) is 6.08 Å². The summed E-state index contributed by atoms with van der Waals surface area (Å²) in [7, 11) is 1.73. The van der Waals surface area contributed by atoms with Gasteiger partial charge in [0.05, 0.1) is 0 Å². The molecule has 0 rings (SSSR count). The maximum Gasteiger partial charge on any atom is 0.117 e. The van der Waals surface area contributed by atoms with E-state index < -0.39 is 5.83 Å². The molecule has 0 aromatic rings. The van der Waals surface area contributed by atoms with E-state index in [2.05, 4.69) is 11.9 Å². The van der Waals surface area contributed by atoms with E-state index in [0.29, 0.717) is 0 Å². The molecule has 1 nitrogen and oxygen atoms in total. The van der Waals surface area contributed by atoms with Gasteiger partial charge in [-0.2, -0.15) is 0 Å². The largest absolute Gasteiger partial charge is 0.392 e. The van der Waals surface area contributed by atoms with Crippen LogP contribution in [0, 0.1) is 0 Å². The van der Waals surface area contributed by atoms with Gasteiger partial charge in [-0.15, -0.1) is 0 Å². The Kier molecular flexibility index (Phi) is 2.92. The van der Waals surface area contributed by atoms with Crippen LogP contribution in [0.2, 0.25) is 0 Å². The standard InChI is InChI=1S/C6H10FN/c1-5(7)4-6(2)8-3/h4,8H,1H2,2-3H3/b6-4+. The monoisotopic (exact) mass is 115 g/mol. The molecule has 0 aliphatic heterocycles. The molecule has 2 heteroatoms. The predicted octanol–water partition coefficient (Wildman–Crippen LogP) is 1.59. The maximum absolute atomic E-state index is 11.8. The molecule has 0 atom stereocenters. The molecule has 0 amide bonds. The fraction of sp³-hybridized carbons (Fsp3) is 0.333. The van der Waals surface area contributed by atoms with Gasteiger partial charge >= 0.3 is 0 Å². The summed E-state index contributed by atoms with van der Waals surface area (Å²) in [5.74, 6) is -0.420. The number of halogens is 1. The molecule has 1 N–H and O–H groups in total. The summed E-state index contributed by atoms with van der Waals surface area (Å²) in [5, 5.41) is 2.76. The van der Waals surface area contributed by atoms with Gasteiger partial charge in [-0.05, 0) is 13.0 Å². The zero-order chi connectivity index (χ0) is 6.57. The zero-order valence-electron chi connectivity index (χ0n) is 5.16. The fourth-order valence-electron chi connectivity index (χ4n) is 0.307. The predicted molar refractivity (Wildman–Crippen MR) is 33.1 cm³/mol. The zero-order valence-corrected chi connectivity index (χ0v) is 5.16. The van der Waals surface area contributed by atoms with Crippen molar-refractivity contribution in [2.75, 3.05) is 7.05 Å². The molecule has 0 saturated carbocycles. The highest BCUT2D eigenvalue weighted by atomic mass is 19.1. The van der Waals surface area contributed by atoms with Gasteiger partial charge in [0.1, 0.15) is 5.83 Å². The normalized spacial score (nSPS) is 11.1. The Bertz CT molecular complexity index is 116. The van der Waals surface area contributed by atoms with Gasteiger partial charge in [0, 0.05) is 12.7 Å². The van der Waals surface area contributed by atoms with E-state index >= 15 is 0 Å². The van der Waals surface area contributed by atoms with Crippen molar-refractivity contribution in [1.29, 1.82) is 0 Å². The van der Waals surface area contributed by atoms with Gasteiger partial charge in [-0.3, -0.25) is 0 Å². The lowest BCUT2D eigenvalue weighted by Crippen LogP contribution is -2.00. The number of nitrogens with one attached hydrogen (secondary N) is 1. The van der Waals surface area contributed by atoms with Crippen molar-refractivity contribution in [3.05, 3.63) is 24.2 Å². The molecular formula is C6H10FN. The minimum atomic E-state index is -0.420. The van der Waals surface area contributed by atoms with Gasteiger partial charge in [0.25, 0.3) is 0 Å². The van der Waals surface area contributed by atoms with Crippen LogP contribution < -0.4 is 5.32 Å². The lowest BCUT2D eigenvalue weighted by atomic mass is 10.4. The highest BCUT2D eigenvalue weighted by Crippen LogP contribution is 1.95. The van der Waals surface area contributed by atoms with Crippen LogP contribution in [-0.2, 0) is 0 Å². The second kappa shape index (κ2) is 3.24. The first-order valence-electron chi connectivity index (χ1n) is 2.37. The second-order valence-electron chi connectivity index (χ2n) is 1.52. The topological polar surface area (TPSA) is 12.0 Å². The van der Waals surface area contributed by atoms with E-state index in [9.17, 15) is 4.39 Å². The van der Waals surface area contributed by atoms with Crippen LogP contribution in [0.1, 0.15) is 6.92 Å². The summed E-state index contributed by atoms with van der Waals surface area (Å²) in [6.07, 6.45) is 1.33. The van der Waals surface area contributed by atoms with E-state index in [0.717, 1.165) is 5.70 Å². The van der Waals surface area contributed by atoms with Crippen molar-refractivity contribution in [3.63, 3.8) is 0 Å². The van der Waals surface area contributed by atoms with Crippen LogP contribution in [0.25, 0.3) is 0 Å². The Labute approximate surface area is 48.9 Å². The highest BCUT2D eigenvalue weighted by molar-refractivity contribution is 5.11. The summed E-state index contributed by atoms with van der Waals surface area (Å²) in [6.45, 7) is 4.83. The van der Waals surface area contributed by atoms with Crippen molar-refractivity contribution < 1.29 is 4.39 Å². The molecular weight excluding hydrogens is 105 g/mol. The van der Waals surface area contributed by atoms with E-state index in [4.69, 9.17) is 0 Å². The minimum Gasteiger partial charge on any atom is -0.392 e. The average molecular weight is 115 g/mol. The molecule has 0 unspecified atom stereocenters.